The van der Waals surface area contributed by atoms with Gasteiger partial charge in [-0.25, -0.2) is 0 Å². The average molecular weight is 317 g/mol. The molecule has 0 amide bonds. The molecule has 1 atom stereocenters. The third-order valence-corrected chi connectivity index (χ3v) is 6.69. The summed E-state index contributed by atoms with van der Waals surface area (Å²) in [7, 11) is -3.58. The van der Waals surface area contributed by atoms with E-state index in [2.05, 4.69) is 0 Å². The molecule has 2 aromatic rings. The first-order chi connectivity index (χ1) is 8.48. The third-order valence-electron chi connectivity index (χ3n) is 2.72. The lowest BCUT2D eigenvalue weighted by Gasteiger charge is -2.24. The van der Waals surface area contributed by atoms with Crippen molar-refractivity contribution in [3.63, 3.8) is 0 Å². The molecule has 0 saturated heterocycles. The molecule has 0 aliphatic carbocycles. The van der Waals surface area contributed by atoms with E-state index in [1.54, 1.807) is 36.4 Å². The van der Waals surface area contributed by atoms with Crippen molar-refractivity contribution in [2.45, 2.75) is 9.79 Å². The molecule has 6 heteroatoms. The van der Waals surface area contributed by atoms with Crippen molar-refractivity contribution in [2.75, 3.05) is 0 Å². The van der Waals surface area contributed by atoms with Crippen LogP contribution in [0.5, 0.6) is 0 Å². The molecule has 1 aliphatic rings. The molecule has 18 heavy (non-hydrogen) atoms. The van der Waals surface area contributed by atoms with Crippen LogP contribution < -0.4 is 10.6 Å². The average Bonchev–Trinajstić information content (AvgIpc) is 2.30. The zero-order valence-electron chi connectivity index (χ0n) is 8.93. The smallest absolute Gasteiger partial charge is 0.261 e. The second-order valence-corrected chi connectivity index (χ2v) is 7.97. The van der Waals surface area contributed by atoms with Gasteiger partial charge in [-0.15, -0.1) is 0 Å². The molecule has 0 saturated carbocycles. The predicted molar refractivity (Wildman–Crippen MR) is 76.1 cm³/mol. The fraction of sp³-hybridized carbons (Fsp3) is 0. The van der Waals surface area contributed by atoms with Gasteiger partial charge in [-0.3, -0.25) is 4.57 Å². The monoisotopic (exact) mass is 316 g/mol. The van der Waals surface area contributed by atoms with Gasteiger partial charge in [0.25, 0.3) is 7.37 Å². The standard InChI is InChI=1S/C12H7Cl2O2PS/c13-7-2-4-11-10(5-7)17(15,16)9-3-1-8(14)6-12(9)18-11/h1-6H,(H,15,16). The number of benzene rings is 2. The van der Waals surface area contributed by atoms with Crippen LogP contribution in [0.2, 0.25) is 10.0 Å². The minimum atomic E-state index is -3.58. The van der Waals surface area contributed by atoms with Crippen molar-refractivity contribution < 1.29 is 9.46 Å². The van der Waals surface area contributed by atoms with E-state index in [1.807, 2.05) is 0 Å². The van der Waals surface area contributed by atoms with Gasteiger partial charge in [-0.1, -0.05) is 35.0 Å². The van der Waals surface area contributed by atoms with Gasteiger partial charge in [-0.05, 0) is 36.4 Å². The predicted octanol–water partition coefficient (Wildman–Crippen LogP) is 3.68. The number of rotatable bonds is 0. The van der Waals surface area contributed by atoms with E-state index in [-0.39, 0.29) is 0 Å². The van der Waals surface area contributed by atoms with Crippen molar-refractivity contribution in [3.05, 3.63) is 46.4 Å². The van der Waals surface area contributed by atoms with E-state index in [4.69, 9.17) is 23.2 Å². The lowest BCUT2D eigenvalue weighted by molar-refractivity contribution is 0.499. The number of halogens is 2. The summed E-state index contributed by atoms with van der Waals surface area (Å²) < 4.78 is 12.6. The molecule has 92 valence electrons. The molecule has 1 N–H and O–H groups in total. The summed E-state index contributed by atoms with van der Waals surface area (Å²) >= 11 is 13.2. The zero-order valence-corrected chi connectivity index (χ0v) is 12.2. The van der Waals surface area contributed by atoms with Crippen LogP contribution in [0.3, 0.4) is 0 Å². The van der Waals surface area contributed by atoms with Gasteiger partial charge < -0.3 is 4.89 Å². The zero-order chi connectivity index (χ0) is 12.9. The Morgan fingerprint density at radius 3 is 2.39 bits per heavy atom. The van der Waals surface area contributed by atoms with Crippen LogP contribution in [0, 0.1) is 0 Å². The van der Waals surface area contributed by atoms with Gasteiger partial charge >= 0.3 is 0 Å². The molecule has 0 fully saturated rings. The first-order valence-electron chi connectivity index (χ1n) is 5.09. The van der Waals surface area contributed by atoms with Crippen LogP contribution in [-0.4, -0.2) is 4.89 Å². The van der Waals surface area contributed by atoms with E-state index in [1.165, 1.54) is 11.8 Å². The van der Waals surface area contributed by atoms with Crippen molar-refractivity contribution >= 4 is 52.9 Å². The van der Waals surface area contributed by atoms with Gasteiger partial charge in [-0.2, -0.15) is 0 Å². The summed E-state index contributed by atoms with van der Waals surface area (Å²) in [6.07, 6.45) is 0. The molecule has 0 spiro atoms. The van der Waals surface area contributed by atoms with Crippen LogP contribution in [0.15, 0.2) is 46.2 Å². The Balaban J connectivity index is 2.30. The Morgan fingerprint density at radius 1 is 0.944 bits per heavy atom. The second kappa shape index (κ2) is 4.29. The second-order valence-electron chi connectivity index (χ2n) is 3.90. The Bertz CT molecular complexity index is 702. The van der Waals surface area contributed by atoms with Crippen molar-refractivity contribution in [1.82, 2.24) is 0 Å². The minimum Gasteiger partial charge on any atom is -0.338 e. The largest absolute Gasteiger partial charge is 0.338 e. The van der Waals surface area contributed by atoms with Crippen molar-refractivity contribution in [3.8, 4) is 0 Å². The molecule has 2 nitrogen and oxygen atoms in total. The fourth-order valence-corrected chi connectivity index (χ4v) is 5.87. The highest BCUT2D eigenvalue weighted by atomic mass is 35.5. The maximum atomic E-state index is 12.6. The molecule has 0 aromatic heterocycles. The molecular formula is C12H7Cl2O2PS. The highest BCUT2D eigenvalue weighted by Gasteiger charge is 2.34. The highest BCUT2D eigenvalue weighted by molar-refractivity contribution is 8.01. The van der Waals surface area contributed by atoms with E-state index < -0.39 is 7.37 Å². The molecule has 1 unspecified atom stereocenters. The summed E-state index contributed by atoms with van der Waals surface area (Å²) in [6, 6.07) is 9.97. The van der Waals surface area contributed by atoms with E-state index in [0.717, 1.165) is 9.79 Å². The van der Waals surface area contributed by atoms with Crippen LogP contribution >= 0.6 is 42.3 Å². The minimum absolute atomic E-state index is 0.398. The first kappa shape index (κ1) is 12.6. The van der Waals surface area contributed by atoms with Crippen LogP contribution in [0.1, 0.15) is 0 Å². The van der Waals surface area contributed by atoms with Gasteiger partial charge in [0.1, 0.15) is 0 Å². The Kier molecular flexibility index (Phi) is 3.00. The quantitative estimate of drug-likeness (QED) is 0.753. The topological polar surface area (TPSA) is 37.3 Å². The first-order valence-corrected chi connectivity index (χ1v) is 8.32. The number of hydrogen-bond donors (Lipinski definition) is 1. The molecular weight excluding hydrogens is 310 g/mol. The molecule has 1 aliphatic heterocycles. The summed E-state index contributed by atoms with van der Waals surface area (Å²) in [5, 5.41) is 1.83. The van der Waals surface area contributed by atoms with Crippen LogP contribution in [-0.2, 0) is 4.57 Å². The Morgan fingerprint density at radius 2 is 1.61 bits per heavy atom. The summed E-state index contributed by atoms with van der Waals surface area (Å²) in [5.41, 5.74) is 0. The summed E-state index contributed by atoms with van der Waals surface area (Å²) in [6.45, 7) is 0. The Hall–Kier alpha value is -0.440. The van der Waals surface area contributed by atoms with E-state index >= 15 is 0 Å². The van der Waals surface area contributed by atoms with Crippen LogP contribution in [0.25, 0.3) is 0 Å². The van der Waals surface area contributed by atoms with Crippen LogP contribution in [0.4, 0.5) is 0 Å². The normalized spacial score (nSPS) is 21.3. The van der Waals surface area contributed by atoms with Gasteiger partial charge in [0, 0.05) is 19.8 Å². The van der Waals surface area contributed by atoms with E-state index in [0.29, 0.717) is 20.7 Å². The van der Waals surface area contributed by atoms with Gasteiger partial charge in [0.2, 0.25) is 0 Å². The summed E-state index contributed by atoms with van der Waals surface area (Å²) in [4.78, 5) is 11.8. The van der Waals surface area contributed by atoms with Gasteiger partial charge in [0.05, 0.1) is 10.6 Å². The molecule has 0 radical (unpaired) electrons. The SMILES string of the molecule is O=P1(O)c2ccc(Cl)cc2Sc2ccc(Cl)cc21. The number of hydrogen-bond acceptors (Lipinski definition) is 2. The molecule has 2 aromatic carbocycles. The van der Waals surface area contributed by atoms with Gasteiger partial charge in [0.15, 0.2) is 0 Å². The third kappa shape index (κ3) is 1.91. The van der Waals surface area contributed by atoms with Crippen molar-refractivity contribution in [1.29, 1.82) is 0 Å². The van der Waals surface area contributed by atoms with E-state index in [9.17, 15) is 9.46 Å². The Labute approximate surface area is 118 Å². The molecule has 0 bridgehead atoms. The summed E-state index contributed by atoms with van der Waals surface area (Å²) in [5.74, 6) is 0. The maximum Gasteiger partial charge on any atom is 0.261 e. The van der Waals surface area contributed by atoms with Crippen molar-refractivity contribution in [2.24, 2.45) is 0 Å². The lowest BCUT2D eigenvalue weighted by atomic mass is 10.3. The highest BCUT2D eigenvalue weighted by Crippen LogP contribution is 2.50. The fourth-order valence-electron chi connectivity index (χ4n) is 1.88. The maximum absolute atomic E-state index is 12.6. The lowest BCUT2D eigenvalue weighted by Crippen LogP contribution is -2.23. The molecule has 3 rings (SSSR count). The molecule has 1 heterocycles. The number of fused-ring (bicyclic) bond motifs is 2.